The van der Waals surface area contributed by atoms with E-state index in [1.807, 2.05) is 11.8 Å². The van der Waals surface area contributed by atoms with Crippen LogP contribution in [0.4, 0.5) is 0 Å². The molecule has 4 nitrogen and oxygen atoms in total. The van der Waals surface area contributed by atoms with Crippen LogP contribution in [0.15, 0.2) is 0 Å². The van der Waals surface area contributed by atoms with Gasteiger partial charge in [0.15, 0.2) is 5.96 Å². The Morgan fingerprint density at radius 3 is 2.27 bits per heavy atom. The highest BCUT2D eigenvalue weighted by Crippen LogP contribution is 2.17. The van der Waals surface area contributed by atoms with Gasteiger partial charge in [0.05, 0.1) is 0 Å². The molecule has 1 fully saturated rings. The molecule has 64 valence electrons. The predicted molar refractivity (Wildman–Crippen MR) is 45.3 cm³/mol. The maximum absolute atomic E-state index is 7.18. The molecule has 11 heavy (non-hydrogen) atoms. The van der Waals surface area contributed by atoms with E-state index in [-0.39, 0.29) is 11.5 Å². The van der Waals surface area contributed by atoms with Crippen LogP contribution in [0.2, 0.25) is 0 Å². The first-order valence-electron chi connectivity index (χ1n) is 3.89. The molecule has 0 bridgehead atoms. The quantitative estimate of drug-likeness (QED) is 0.332. The molecule has 1 aliphatic rings. The van der Waals surface area contributed by atoms with Crippen molar-refractivity contribution >= 4 is 5.96 Å². The van der Waals surface area contributed by atoms with Crippen LogP contribution < -0.4 is 11.5 Å². The van der Waals surface area contributed by atoms with Crippen molar-refractivity contribution in [2.75, 3.05) is 13.1 Å². The molecule has 0 aromatic rings. The van der Waals surface area contributed by atoms with Crippen molar-refractivity contribution in [1.29, 1.82) is 5.41 Å². The van der Waals surface area contributed by atoms with E-state index < -0.39 is 0 Å². The van der Waals surface area contributed by atoms with Gasteiger partial charge in [0, 0.05) is 18.6 Å². The van der Waals surface area contributed by atoms with Crippen LogP contribution in [0.3, 0.4) is 0 Å². The number of likely N-dealkylation sites (tertiary alicyclic amines) is 1. The maximum Gasteiger partial charge on any atom is 0.188 e. The third-order valence-corrected chi connectivity index (χ3v) is 2.25. The fourth-order valence-corrected chi connectivity index (χ4v) is 1.26. The van der Waals surface area contributed by atoms with E-state index >= 15 is 0 Å². The molecule has 0 unspecified atom stereocenters. The lowest BCUT2D eigenvalue weighted by Gasteiger charge is -2.36. The van der Waals surface area contributed by atoms with Crippen LogP contribution in [0.25, 0.3) is 0 Å². The van der Waals surface area contributed by atoms with Gasteiger partial charge in [-0.1, -0.05) is 0 Å². The number of nitrogens with two attached hydrogens (primary N) is 2. The first-order chi connectivity index (χ1) is 5.01. The largest absolute Gasteiger partial charge is 0.370 e. The van der Waals surface area contributed by atoms with Crippen molar-refractivity contribution in [3.63, 3.8) is 0 Å². The number of guanidine groups is 1. The summed E-state index contributed by atoms with van der Waals surface area (Å²) in [5.74, 6) is 0.167. The average Bonchev–Trinajstić information content (AvgIpc) is 1.86. The summed E-state index contributed by atoms with van der Waals surface area (Å²) in [4.78, 5) is 1.86. The normalized spacial score (nSPS) is 23.3. The summed E-state index contributed by atoms with van der Waals surface area (Å²) >= 11 is 0. The van der Waals surface area contributed by atoms with E-state index in [2.05, 4.69) is 0 Å². The summed E-state index contributed by atoms with van der Waals surface area (Å²) in [7, 11) is 0. The van der Waals surface area contributed by atoms with Crippen LogP contribution in [0.1, 0.15) is 19.8 Å². The summed E-state index contributed by atoms with van der Waals surface area (Å²) in [5, 5.41) is 7.18. The molecule has 1 heterocycles. The Morgan fingerprint density at radius 1 is 1.45 bits per heavy atom. The number of piperidine rings is 1. The van der Waals surface area contributed by atoms with E-state index in [4.69, 9.17) is 16.9 Å². The summed E-state index contributed by atoms with van der Waals surface area (Å²) in [6.45, 7) is 3.69. The number of nitrogens with zero attached hydrogens (tertiary/aromatic N) is 1. The molecular weight excluding hydrogens is 140 g/mol. The zero-order chi connectivity index (χ0) is 8.48. The van der Waals surface area contributed by atoms with Gasteiger partial charge in [-0.3, -0.25) is 5.41 Å². The van der Waals surface area contributed by atoms with E-state index in [0.29, 0.717) is 0 Å². The summed E-state index contributed by atoms with van der Waals surface area (Å²) in [6, 6.07) is 0. The minimum Gasteiger partial charge on any atom is -0.370 e. The lowest BCUT2D eigenvalue weighted by molar-refractivity contribution is 0.242. The van der Waals surface area contributed by atoms with Gasteiger partial charge in [-0.25, -0.2) is 0 Å². The van der Waals surface area contributed by atoms with Gasteiger partial charge < -0.3 is 16.4 Å². The van der Waals surface area contributed by atoms with Crippen molar-refractivity contribution in [3.8, 4) is 0 Å². The van der Waals surface area contributed by atoms with Gasteiger partial charge in [-0.15, -0.1) is 0 Å². The standard InChI is InChI=1S/C7H16N4/c1-7(10)2-4-11(5-3-7)6(8)9/h2-5,10H2,1H3,(H3,8,9). The molecule has 0 aromatic carbocycles. The predicted octanol–water partition coefficient (Wildman–Crippen LogP) is -0.307. The zero-order valence-electron chi connectivity index (χ0n) is 6.93. The van der Waals surface area contributed by atoms with Gasteiger partial charge in [0.2, 0.25) is 0 Å². The number of nitrogens with one attached hydrogen (secondary N) is 1. The summed E-state index contributed by atoms with van der Waals surface area (Å²) < 4.78 is 0. The van der Waals surface area contributed by atoms with Gasteiger partial charge in [0.25, 0.3) is 0 Å². The van der Waals surface area contributed by atoms with Crippen LogP contribution in [-0.2, 0) is 0 Å². The molecular formula is C7H16N4. The zero-order valence-corrected chi connectivity index (χ0v) is 6.93. The van der Waals surface area contributed by atoms with Crippen LogP contribution >= 0.6 is 0 Å². The molecule has 0 aromatic heterocycles. The molecule has 1 rings (SSSR count). The lowest BCUT2D eigenvalue weighted by Crippen LogP contribution is -2.51. The van der Waals surface area contributed by atoms with E-state index in [0.717, 1.165) is 25.9 Å². The highest BCUT2D eigenvalue weighted by Gasteiger charge is 2.25. The van der Waals surface area contributed by atoms with Gasteiger partial charge in [-0.05, 0) is 19.8 Å². The van der Waals surface area contributed by atoms with Crippen LogP contribution in [-0.4, -0.2) is 29.5 Å². The molecule has 0 saturated carbocycles. The van der Waals surface area contributed by atoms with Crippen molar-refractivity contribution in [2.45, 2.75) is 25.3 Å². The van der Waals surface area contributed by atoms with Crippen molar-refractivity contribution < 1.29 is 0 Å². The fraction of sp³-hybridized carbons (Fsp3) is 0.857. The number of rotatable bonds is 0. The first kappa shape index (κ1) is 8.33. The monoisotopic (exact) mass is 156 g/mol. The molecule has 0 amide bonds. The Bertz CT molecular complexity index is 154. The van der Waals surface area contributed by atoms with E-state index in [1.165, 1.54) is 0 Å². The molecule has 0 aliphatic carbocycles. The second-order valence-corrected chi connectivity index (χ2v) is 3.53. The summed E-state index contributed by atoms with van der Waals surface area (Å²) in [6.07, 6.45) is 1.85. The Hall–Kier alpha value is -0.770. The third-order valence-electron chi connectivity index (χ3n) is 2.25. The van der Waals surface area contributed by atoms with Crippen molar-refractivity contribution in [2.24, 2.45) is 11.5 Å². The van der Waals surface area contributed by atoms with Crippen molar-refractivity contribution in [3.05, 3.63) is 0 Å². The van der Waals surface area contributed by atoms with E-state index in [9.17, 15) is 0 Å². The summed E-state index contributed by atoms with van der Waals surface area (Å²) in [5.41, 5.74) is 11.2. The Kier molecular flexibility index (Phi) is 2.04. The molecule has 4 heteroatoms. The number of hydrogen-bond acceptors (Lipinski definition) is 2. The van der Waals surface area contributed by atoms with E-state index in [1.54, 1.807) is 0 Å². The SMILES string of the molecule is CC1(N)CCN(C(=N)N)CC1. The molecule has 5 N–H and O–H groups in total. The Morgan fingerprint density at radius 2 is 1.91 bits per heavy atom. The Balaban J connectivity index is 2.42. The number of hydrogen-bond donors (Lipinski definition) is 3. The minimum atomic E-state index is -0.0497. The van der Waals surface area contributed by atoms with Crippen molar-refractivity contribution in [1.82, 2.24) is 4.90 Å². The van der Waals surface area contributed by atoms with Crippen LogP contribution in [0, 0.1) is 5.41 Å². The topological polar surface area (TPSA) is 79.1 Å². The lowest BCUT2D eigenvalue weighted by atomic mass is 9.91. The van der Waals surface area contributed by atoms with Gasteiger partial charge in [-0.2, -0.15) is 0 Å². The molecule has 1 saturated heterocycles. The average molecular weight is 156 g/mol. The fourth-order valence-electron chi connectivity index (χ4n) is 1.26. The molecule has 0 atom stereocenters. The highest BCUT2D eigenvalue weighted by atomic mass is 15.2. The third kappa shape index (κ3) is 2.08. The van der Waals surface area contributed by atoms with Crippen LogP contribution in [0.5, 0.6) is 0 Å². The highest BCUT2D eigenvalue weighted by molar-refractivity contribution is 5.74. The maximum atomic E-state index is 7.18. The molecule has 0 radical (unpaired) electrons. The Labute approximate surface area is 67.0 Å². The van der Waals surface area contributed by atoms with Gasteiger partial charge >= 0.3 is 0 Å². The van der Waals surface area contributed by atoms with Gasteiger partial charge in [0.1, 0.15) is 0 Å². The molecule has 1 aliphatic heterocycles. The minimum absolute atomic E-state index is 0.0497. The second kappa shape index (κ2) is 2.70. The first-order valence-corrected chi connectivity index (χ1v) is 3.89. The second-order valence-electron chi connectivity index (χ2n) is 3.53. The smallest absolute Gasteiger partial charge is 0.188 e. The molecule has 0 spiro atoms.